The van der Waals surface area contributed by atoms with E-state index in [1.54, 1.807) is 0 Å². The van der Waals surface area contributed by atoms with Crippen LogP contribution in [0.3, 0.4) is 0 Å². The van der Waals surface area contributed by atoms with Gasteiger partial charge in [0.1, 0.15) is 4.99 Å². The van der Waals surface area contributed by atoms with Crippen LogP contribution < -0.4 is 10.3 Å². The Morgan fingerprint density at radius 2 is 1.88 bits per heavy atom. The second-order valence-corrected chi connectivity index (χ2v) is 4.05. The predicted molar refractivity (Wildman–Crippen MR) is 68.1 cm³/mol. The smallest absolute Gasteiger partial charge is 0.179 e. The molecular formula is C13H13N2S+. The van der Waals surface area contributed by atoms with Crippen molar-refractivity contribution in [2.24, 2.45) is 5.73 Å². The van der Waals surface area contributed by atoms with Gasteiger partial charge < -0.3 is 5.73 Å². The molecule has 0 bridgehead atoms. The van der Waals surface area contributed by atoms with Crippen LogP contribution in [-0.2, 0) is 6.54 Å². The number of rotatable bonds is 3. The molecule has 0 radical (unpaired) electrons. The van der Waals surface area contributed by atoms with Crippen molar-refractivity contribution >= 4 is 17.2 Å². The van der Waals surface area contributed by atoms with E-state index in [1.807, 2.05) is 42.7 Å². The van der Waals surface area contributed by atoms with Crippen LogP contribution in [0.4, 0.5) is 0 Å². The van der Waals surface area contributed by atoms with E-state index >= 15 is 0 Å². The number of benzene rings is 1. The molecule has 0 atom stereocenters. The Hall–Kier alpha value is -1.74. The minimum atomic E-state index is 0.433. The van der Waals surface area contributed by atoms with Gasteiger partial charge in [-0.25, -0.2) is 4.57 Å². The summed E-state index contributed by atoms with van der Waals surface area (Å²) < 4.78 is 2.07. The second-order valence-electron chi connectivity index (χ2n) is 3.61. The Bertz CT molecular complexity index is 494. The molecule has 0 unspecified atom stereocenters. The van der Waals surface area contributed by atoms with Crippen molar-refractivity contribution in [3.05, 3.63) is 66.0 Å². The third-order valence-corrected chi connectivity index (χ3v) is 2.59. The van der Waals surface area contributed by atoms with E-state index in [1.165, 1.54) is 5.56 Å². The average Bonchev–Trinajstić information content (AvgIpc) is 2.30. The minimum Gasteiger partial charge on any atom is -0.389 e. The van der Waals surface area contributed by atoms with Gasteiger partial charge in [-0.1, -0.05) is 42.5 Å². The van der Waals surface area contributed by atoms with Crippen molar-refractivity contribution in [3.63, 3.8) is 0 Å². The van der Waals surface area contributed by atoms with Crippen LogP contribution in [0.25, 0.3) is 0 Å². The fourth-order valence-corrected chi connectivity index (χ4v) is 1.68. The zero-order chi connectivity index (χ0) is 11.4. The zero-order valence-electron chi connectivity index (χ0n) is 8.84. The highest BCUT2D eigenvalue weighted by Crippen LogP contribution is 1.99. The molecule has 0 saturated carbocycles. The van der Waals surface area contributed by atoms with E-state index < -0.39 is 0 Å². The van der Waals surface area contributed by atoms with Gasteiger partial charge in [0.2, 0.25) is 0 Å². The molecule has 0 aliphatic heterocycles. The number of nitrogens with zero attached hydrogens (tertiary/aromatic N) is 1. The summed E-state index contributed by atoms with van der Waals surface area (Å²) in [5.41, 5.74) is 7.75. The molecule has 0 spiro atoms. The molecule has 0 aliphatic rings. The van der Waals surface area contributed by atoms with Crippen molar-refractivity contribution in [3.8, 4) is 0 Å². The SMILES string of the molecule is NC(=S)c1ccc[n+](Cc2ccccc2)c1. The summed E-state index contributed by atoms with van der Waals surface area (Å²) in [6.07, 6.45) is 3.98. The number of pyridine rings is 1. The van der Waals surface area contributed by atoms with Crippen LogP contribution >= 0.6 is 12.2 Å². The molecule has 0 fully saturated rings. The maximum atomic E-state index is 5.59. The van der Waals surface area contributed by atoms with Gasteiger partial charge >= 0.3 is 0 Å². The molecule has 2 aromatic rings. The summed E-state index contributed by atoms with van der Waals surface area (Å²) in [5.74, 6) is 0. The van der Waals surface area contributed by atoms with Gasteiger partial charge in [0, 0.05) is 11.6 Å². The lowest BCUT2D eigenvalue weighted by Crippen LogP contribution is -2.34. The minimum absolute atomic E-state index is 0.433. The highest BCUT2D eigenvalue weighted by Gasteiger charge is 2.05. The lowest BCUT2D eigenvalue weighted by molar-refractivity contribution is -0.688. The van der Waals surface area contributed by atoms with Crippen molar-refractivity contribution in [1.82, 2.24) is 0 Å². The summed E-state index contributed by atoms with van der Waals surface area (Å²) in [4.78, 5) is 0.433. The summed E-state index contributed by atoms with van der Waals surface area (Å²) in [7, 11) is 0. The number of hydrogen-bond donors (Lipinski definition) is 1. The van der Waals surface area contributed by atoms with Crippen molar-refractivity contribution in [1.29, 1.82) is 0 Å². The van der Waals surface area contributed by atoms with Crippen LogP contribution in [-0.4, -0.2) is 4.99 Å². The Morgan fingerprint density at radius 3 is 2.56 bits per heavy atom. The molecule has 80 valence electrons. The van der Waals surface area contributed by atoms with Gasteiger partial charge in [-0.15, -0.1) is 0 Å². The Labute approximate surface area is 100 Å². The first-order valence-electron chi connectivity index (χ1n) is 5.08. The Balaban J connectivity index is 2.22. The number of aromatic nitrogens is 1. The number of nitrogens with two attached hydrogens (primary N) is 1. The molecule has 1 heterocycles. The fourth-order valence-electron chi connectivity index (χ4n) is 1.56. The zero-order valence-corrected chi connectivity index (χ0v) is 9.65. The van der Waals surface area contributed by atoms with E-state index in [-0.39, 0.29) is 0 Å². The summed E-state index contributed by atoms with van der Waals surface area (Å²) >= 11 is 4.95. The normalized spacial score (nSPS) is 10.0. The summed E-state index contributed by atoms with van der Waals surface area (Å²) in [5, 5.41) is 0. The molecule has 1 aromatic heterocycles. The van der Waals surface area contributed by atoms with E-state index in [4.69, 9.17) is 18.0 Å². The Morgan fingerprint density at radius 1 is 1.12 bits per heavy atom. The molecule has 2 rings (SSSR count). The highest BCUT2D eigenvalue weighted by molar-refractivity contribution is 7.80. The van der Waals surface area contributed by atoms with Crippen LogP contribution in [0, 0.1) is 0 Å². The van der Waals surface area contributed by atoms with Gasteiger partial charge in [-0.05, 0) is 6.07 Å². The van der Waals surface area contributed by atoms with E-state index in [0.717, 1.165) is 12.1 Å². The molecule has 3 heteroatoms. The maximum Gasteiger partial charge on any atom is 0.179 e. The van der Waals surface area contributed by atoms with Crippen molar-refractivity contribution in [2.45, 2.75) is 6.54 Å². The third-order valence-electron chi connectivity index (χ3n) is 2.35. The largest absolute Gasteiger partial charge is 0.389 e. The summed E-state index contributed by atoms with van der Waals surface area (Å²) in [6, 6.07) is 14.2. The second kappa shape index (κ2) is 4.86. The molecular weight excluding hydrogens is 216 g/mol. The van der Waals surface area contributed by atoms with E-state index in [2.05, 4.69) is 16.7 Å². The molecule has 0 amide bonds. The van der Waals surface area contributed by atoms with E-state index in [9.17, 15) is 0 Å². The first kappa shape index (κ1) is 10.8. The quantitative estimate of drug-likeness (QED) is 0.641. The van der Waals surface area contributed by atoms with Crippen LogP contribution in [0.1, 0.15) is 11.1 Å². The van der Waals surface area contributed by atoms with Crippen LogP contribution in [0.2, 0.25) is 0 Å². The van der Waals surface area contributed by atoms with E-state index in [0.29, 0.717) is 4.99 Å². The monoisotopic (exact) mass is 229 g/mol. The van der Waals surface area contributed by atoms with Gasteiger partial charge in [-0.3, -0.25) is 0 Å². The van der Waals surface area contributed by atoms with Gasteiger partial charge in [0.05, 0.1) is 5.56 Å². The van der Waals surface area contributed by atoms with Gasteiger partial charge in [0.25, 0.3) is 0 Å². The standard InChI is InChI=1S/C13H12N2S/c14-13(16)12-7-4-8-15(10-12)9-11-5-2-1-3-6-11/h1-8,10H,9H2,(H-,14,16)/p+1. The first-order chi connectivity index (χ1) is 7.75. The molecule has 0 aliphatic carbocycles. The molecule has 2 N–H and O–H groups in total. The first-order valence-corrected chi connectivity index (χ1v) is 5.49. The van der Waals surface area contributed by atoms with Gasteiger partial charge in [-0.2, -0.15) is 0 Å². The number of thiocarbonyl (C=S) groups is 1. The Kier molecular flexibility index (Phi) is 3.27. The fraction of sp³-hybridized carbons (Fsp3) is 0.0769. The van der Waals surface area contributed by atoms with Crippen LogP contribution in [0.15, 0.2) is 54.9 Å². The number of hydrogen-bond acceptors (Lipinski definition) is 1. The molecule has 1 aromatic carbocycles. The molecule has 0 saturated heterocycles. The van der Waals surface area contributed by atoms with Crippen LogP contribution in [0.5, 0.6) is 0 Å². The predicted octanol–water partition coefficient (Wildman–Crippen LogP) is 1.66. The van der Waals surface area contributed by atoms with Crippen molar-refractivity contribution < 1.29 is 4.57 Å². The molecule has 16 heavy (non-hydrogen) atoms. The highest BCUT2D eigenvalue weighted by atomic mass is 32.1. The van der Waals surface area contributed by atoms with Gasteiger partial charge in [0.15, 0.2) is 18.9 Å². The molecule has 2 nitrogen and oxygen atoms in total. The summed E-state index contributed by atoms with van der Waals surface area (Å²) in [6.45, 7) is 0.831. The topological polar surface area (TPSA) is 29.9 Å². The maximum absolute atomic E-state index is 5.59. The lowest BCUT2D eigenvalue weighted by atomic mass is 10.2. The third kappa shape index (κ3) is 2.64. The lowest BCUT2D eigenvalue weighted by Gasteiger charge is -1.99. The average molecular weight is 229 g/mol. The van der Waals surface area contributed by atoms with Crippen molar-refractivity contribution in [2.75, 3.05) is 0 Å².